The molecular weight excluding hydrogens is 312 g/mol. The van der Waals surface area contributed by atoms with E-state index in [1.54, 1.807) is 24.3 Å². The van der Waals surface area contributed by atoms with Crippen LogP contribution >= 0.6 is 0 Å². The van der Waals surface area contributed by atoms with Crippen molar-refractivity contribution in [2.24, 2.45) is 0 Å². The average molecular weight is 322 g/mol. The first-order valence-corrected chi connectivity index (χ1v) is 6.66. The first kappa shape index (κ1) is 15.2. The van der Waals surface area contributed by atoms with Crippen LogP contribution in [0.2, 0.25) is 0 Å². The molecule has 1 heterocycles. The summed E-state index contributed by atoms with van der Waals surface area (Å²) in [6.07, 6.45) is -6.31. The van der Waals surface area contributed by atoms with E-state index in [2.05, 4.69) is 9.97 Å². The Labute approximate surface area is 127 Å². The number of benzene rings is 2. The van der Waals surface area contributed by atoms with Crippen LogP contribution in [0.15, 0.2) is 53.3 Å². The summed E-state index contributed by atoms with van der Waals surface area (Å²) in [6, 6.07) is 10.1. The minimum absolute atomic E-state index is 0.0172. The molecule has 0 aliphatic rings. The molecule has 0 saturated heterocycles. The quantitative estimate of drug-likeness (QED) is 0.725. The van der Waals surface area contributed by atoms with Crippen LogP contribution in [-0.2, 0) is 6.18 Å². The van der Waals surface area contributed by atoms with E-state index in [1.807, 2.05) is 0 Å². The molecule has 118 valence electrons. The Kier molecular flexibility index (Phi) is 3.63. The SMILES string of the molecule is O=c1[nH]c([C@@H](F)c2ccc(C(F)(F)F)cc2)nc2ccccc12. The van der Waals surface area contributed by atoms with Crippen molar-refractivity contribution in [2.75, 3.05) is 0 Å². The molecular formula is C16H10F4N2O. The van der Waals surface area contributed by atoms with E-state index in [4.69, 9.17) is 0 Å². The van der Waals surface area contributed by atoms with Crippen LogP contribution < -0.4 is 5.56 Å². The summed E-state index contributed by atoms with van der Waals surface area (Å²) in [6.45, 7) is 0. The standard InChI is InChI=1S/C16H10F4N2O/c17-13(9-5-7-10(8-6-9)16(18,19)20)14-21-12-4-2-1-3-11(12)15(23)22-14/h1-8,13H,(H,21,22,23)/t13-/m0/s1. The Morgan fingerprint density at radius 3 is 2.30 bits per heavy atom. The van der Waals surface area contributed by atoms with E-state index in [0.29, 0.717) is 10.9 Å². The van der Waals surface area contributed by atoms with Crippen LogP contribution in [0.3, 0.4) is 0 Å². The number of aromatic nitrogens is 2. The van der Waals surface area contributed by atoms with Gasteiger partial charge in [-0.15, -0.1) is 0 Å². The van der Waals surface area contributed by atoms with Gasteiger partial charge >= 0.3 is 6.18 Å². The van der Waals surface area contributed by atoms with Crippen molar-refractivity contribution in [1.29, 1.82) is 0 Å². The van der Waals surface area contributed by atoms with Crippen LogP contribution in [0.5, 0.6) is 0 Å². The molecule has 23 heavy (non-hydrogen) atoms. The molecule has 0 bridgehead atoms. The maximum atomic E-state index is 14.5. The van der Waals surface area contributed by atoms with Gasteiger partial charge in [0.05, 0.1) is 16.5 Å². The van der Waals surface area contributed by atoms with Gasteiger partial charge in [0.15, 0.2) is 6.17 Å². The summed E-state index contributed by atoms with van der Waals surface area (Å²) in [5.41, 5.74) is -1.06. The topological polar surface area (TPSA) is 45.8 Å². The number of hydrogen-bond donors (Lipinski definition) is 1. The third-order valence-corrected chi connectivity index (χ3v) is 3.40. The number of alkyl halides is 4. The fourth-order valence-corrected chi connectivity index (χ4v) is 2.22. The Morgan fingerprint density at radius 1 is 1.00 bits per heavy atom. The van der Waals surface area contributed by atoms with Gasteiger partial charge in [0.2, 0.25) is 0 Å². The van der Waals surface area contributed by atoms with Crippen molar-refractivity contribution in [3.8, 4) is 0 Å². The zero-order valence-corrected chi connectivity index (χ0v) is 11.6. The smallest absolute Gasteiger partial charge is 0.307 e. The maximum Gasteiger partial charge on any atom is 0.416 e. The molecule has 3 aromatic rings. The number of rotatable bonds is 2. The van der Waals surface area contributed by atoms with Gasteiger partial charge in [-0.1, -0.05) is 24.3 Å². The minimum atomic E-state index is -4.49. The largest absolute Gasteiger partial charge is 0.416 e. The lowest BCUT2D eigenvalue weighted by atomic mass is 10.1. The molecule has 1 aromatic heterocycles. The molecule has 0 aliphatic carbocycles. The van der Waals surface area contributed by atoms with Crippen LogP contribution in [-0.4, -0.2) is 9.97 Å². The number of halogens is 4. The van der Waals surface area contributed by atoms with E-state index in [0.717, 1.165) is 24.3 Å². The minimum Gasteiger partial charge on any atom is -0.307 e. The van der Waals surface area contributed by atoms with Crippen molar-refractivity contribution < 1.29 is 17.6 Å². The molecule has 0 unspecified atom stereocenters. The van der Waals surface area contributed by atoms with Crippen LogP contribution in [0.4, 0.5) is 17.6 Å². The number of aromatic amines is 1. The second-order valence-corrected chi connectivity index (χ2v) is 4.95. The summed E-state index contributed by atoms with van der Waals surface area (Å²) < 4.78 is 52.0. The summed E-state index contributed by atoms with van der Waals surface area (Å²) in [5.74, 6) is -0.242. The molecule has 0 saturated carbocycles. The zero-order valence-electron chi connectivity index (χ0n) is 11.6. The van der Waals surface area contributed by atoms with E-state index in [1.165, 1.54) is 0 Å². The van der Waals surface area contributed by atoms with Crippen molar-refractivity contribution in [1.82, 2.24) is 9.97 Å². The summed E-state index contributed by atoms with van der Waals surface area (Å²) in [5, 5.41) is 0.316. The first-order chi connectivity index (χ1) is 10.9. The van der Waals surface area contributed by atoms with Crippen molar-refractivity contribution in [3.05, 3.63) is 75.8 Å². The molecule has 0 aliphatic heterocycles. The van der Waals surface area contributed by atoms with Crippen molar-refractivity contribution in [2.45, 2.75) is 12.3 Å². The number of nitrogens with zero attached hydrogens (tertiary/aromatic N) is 1. The molecule has 0 fully saturated rings. The lowest BCUT2D eigenvalue weighted by molar-refractivity contribution is -0.137. The lowest BCUT2D eigenvalue weighted by Gasteiger charge is -2.11. The van der Waals surface area contributed by atoms with Gasteiger partial charge in [0, 0.05) is 0 Å². The second-order valence-electron chi connectivity index (χ2n) is 4.95. The van der Waals surface area contributed by atoms with Gasteiger partial charge < -0.3 is 4.98 Å². The van der Waals surface area contributed by atoms with E-state index < -0.39 is 23.5 Å². The Bertz CT molecular complexity index is 900. The number of fused-ring (bicyclic) bond motifs is 1. The number of para-hydroxylation sites is 1. The monoisotopic (exact) mass is 322 g/mol. The zero-order chi connectivity index (χ0) is 16.6. The summed E-state index contributed by atoms with van der Waals surface area (Å²) >= 11 is 0. The van der Waals surface area contributed by atoms with Gasteiger partial charge in [0.25, 0.3) is 5.56 Å². The average Bonchev–Trinajstić information content (AvgIpc) is 2.53. The van der Waals surface area contributed by atoms with Crippen molar-refractivity contribution in [3.63, 3.8) is 0 Å². The lowest BCUT2D eigenvalue weighted by Crippen LogP contribution is -2.14. The molecule has 0 radical (unpaired) electrons. The van der Waals surface area contributed by atoms with E-state index >= 15 is 0 Å². The summed E-state index contributed by atoms with van der Waals surface area (Å²) in [4.78, 5) is 18.3. The fourth-order valence-electron chi connectivity index (χ4n) is 2.22. The molecule has 2 aromatic carbocycles. The van der Waals surface area contributed by atoms with E-state index in [-0.39, 0.29) is 11.4 Å². The number of H-pyrrole nitrogens is 1. The highest BCUT2D eigenvalue weighted by Crippen LogP contribution is 2.31. The predicted octanol–water partition coefficient (Wildman–Crippen LogP) is 4.00. The third-order valence-electron chi connectivity index (χ3n) is 3.40. The highest BCUT2D eigenvalue weighted by atomic mass is 19.4. The van der Waals surface area contributed by atoms with Crippen LogP contribution in [0.25, 0.3) is 10.9 Å². The molecule has 1 atom stereocenters. The maximum absolute atomic E-state index is 14.5. The molecule has 1 N–H and O–H groups in total. The van der Waals surface area contributed by atoms with Gasteiger partial charge in [-0.25, -0.2) is 9.37 Å². The van der Waals surface area contributed by atoms with Gasteiger partial charge in [0.1, 0.15) is 5.82 Å². The highest BCUT2D eigenvalue weighted by Gasteiger charge is 2.30. The Morgan fingerprint density at radius 2 is 1.65 bits per heavy atom. The Balaban J connectivity index is 2.00. The van der Waals surface area contributed by atoms with Crippen LogP contribution in [0, 0.1) is 0 Å². The number of hydrogen-bond acceptors (Lipinski definition) is 2. The first-order valence-electron chi connectivity index (χ1n) is 6.66. The molecule has 0 amide bonds. The van der Waals surface area contributed by atoms with Crippen LogP contribution in [0.1, 0.15) is 23.1 Å². The fraction of sp³-hybridized carbons (Fsp3) is 0.125. The Hall–Kier alpha value is -2.70. The summed E-state index contributed by atoms with van der Waals surface area (Å²) in [7, 11) is 0. The predicted molar refractivity (Wildman–Crippen MR) is 76.8 cm³/mol. The molecule has 7 heteroatoms. The molecule has 3 nitrogen and oxygen atoms in total. The number of nitrogens with one attached hydrogen (secondary N) is 1. The normalized spacial score (nSPS) is 13.2. The van der Waals surface area contributed by atoms with Gasteiger partial charge in [-0.3, -0.25) is 4.79 Å². The van der Waals surface area contributed by atoms with Gasteiger partial charge in [-0.05, 0) is 29.8 Å². The van der Waals surface area contributed by atoms with Crippen molar-refractivity contribution >= 4 is 10.9 Å². The molecule has 0 spiro atoms. The third kappa shape index (κ3) is 2.94. The molecule has 3 rings (SSSR count). The second kappa shape index (κ2) is 5.49. The highest BCUT2D eigenvalue weighted by molar-refractivity contribution is 5.77. The van der Waals surface area contributed by atoms with Gasteiger partial charge in [-0.2, -0.15) is 13.2 Å². The van der Waals surface area contributed by atoms with E-state index in [9.17, 15) is 22.4 Å².